The Bertz CT molecular complexity index is 500. The van der Waals surface area contributed by atoms with Crippen molar-refractivity contribution in [2.75, 3.05) is 18.1 Å². The third-order valence-electron chi connectivity index (χ3n) is 3.01. The number of nitro groups is 1. The van der Waals surface area contributed by atoms with E-state index in [0.717, 1.165) is 0 Å². The summed E-state index contributed by atoms with van der Waals surface area (Å²) < 4.78 is 4.95. The lowest BCUT2D eigenvalue weighted by Crippen LogP contribution is -2.37. The van der Waals surface area contributed by atoms with Gasteiger partial charge in [0.2, 0.25) is 0 Å². The number of anilines is 1. The van der Waals surface area contributed by atoms with Crippen LogP contribution in [0.15, 0.2) is 18.2 Å². The van der Waals surface area contributed by atoms with Gasteiger partial charge in [-0.05, 0) is 33.8 Å². The topological polar surface area (TPSA) is 72.7 Å². The van der Waals surface area contributed by atoms with Gasteiger partial charge in [0.15, 0.2) is 0 Å². The smallest absolute Gasteiger partial charge is 0.325 e. The molecule has 0 saturated carbocycles. The lowest BCUT2D eigenvalue weighted by atomic mass is 10.1. The molecular formula is C14H20N2O4. The van der Waals surface area contributed by atoms with E-state index in [4.69, 9.17) is 4.74 Å². The quantitative estimate of drug-likeness (QED) is 0.455. The molecule has 0 saturated heterocycles. The van der Waals surface area contributed by atoms with Gasteiger partial charge in [0.05, 0.1) is 17.1 Å². The number of nitrogens with zero attached hydrogens (tertiary/aromatic N) is 2. The molecule has 0 radical (unpaired) electrons. The fourth-order valence-corrected chi connectivity index (χ4v) is 2.01. The summed E-state index contributed by atoms with van der Waals surface area (Å²) in [5.74, 6) is -0.341. The Balaban J connectivity index is 3.13. The third-order valence-corrected chi connectivity index (χ3v) is 3.01. The van der Waals surface area contributed by atoms with Crippen molar-refractivity contribution < 1.29 is 14.5 Å². The van der Waals surface area contributed by atoms with Crippen LogP contribution in [0.4, 0.5) is 11.4 Å². The predicted octanol–water partition coefficient (Wildman–Crippen LogP) is 2.68. The van der Waals surface area contributed by atoms with Crippen LogP contribution in [0.5, 0.6) is 0 Å². The molecular weight excluding hydrogens is 260 g/mol. The maximum atomic E-state index is 11.7. The molecule has 1 aromatic rings. The first-order valence-corrected chi connectivity index (χ1v) is 6.54. The number of nitro benzene ring substituents is 1. The molecule has 0 aliphatic carbocycles. The first kappa shape index (κ1) is 15.9. The van der Waals surface area contributed by atoms with Crippen molar-refractivity contribution in [3.63, 3.8) is 0 Å². The summed E-state index contributed by atoms with van der Waals surface area (Å²) in [5.41, 5.74) is 1.29. The Labute approximate surface area is 118 Å². The second-order valence-corrected chi connectivity index (χ2v) is 4.71. The van der Waals surface area contributed by atoms with E-state index in [1.165, 1.54) is 6.07 Å². The number of hydrogen-bond donors (Lipinski definition) is 0. The molecule has 0 unspecified atom stereocenters. The molecule has 0 N–H and O–H groups in total. The Kier molecular flexibility index (Phi) is 5.49. The molecule has 20 heavy (non-hydrogen) atoms. The molecule has 1 aromatic carbocycles. The van der Waals surface area contributed by atoms with Gasteiger partial charge >= 0.3 is 5.97 Å². The van der Waals surface area contributed by atoms with Crippen LogP contribution < -0.4 is 4.90 Å². The van der Waals surface area contributed by atoms with Crippen molar-refractivity contribution in [2.24, 2.45) is 0 Å². The fraction of sp³-hybridized carbons (Fsp3) is 0.500. The Morgan fingerprint density at radius 3 is 2.60 bits per heavy atom. The average Bonchev–Trinajstić information content (AvgIpc) is 2.36. The maximum Gasteiger partial charge on any atom is 0.325 e. The molecule has 0 heterocycles. The first-order valence-electron chi connectivity index (χ1n) is 6.54. The molecule has 1 rings (SSSR count). The van der Waals surface area contributed by atoms with Gasteiger partial charge in [-0.15, -0.1) is 0 Å². The molecule has 0 bridgehead atoms. The van der Waals surface area contributed by atoms with Crippen molar-refractivity contribution in [1.29, 1.82) is 0 Å². The van der Waals surface area contributed by atoms with Crippen LogP contribution in [0, 0.1) is 17.0 Å². The second-order valence-electron chi connectivity index (χ2n) is 4.71. The van der Waals surface area contributed by atoms with E-state index in [0.29, 0.717) is 17.9 Å². The summed E-state index contributed by atoms with van der Waals surface area (Å²) in [6.45, 7) is 7.69. The van der Waals surface area contributed by atoms with Gasteiger partial charge in [-0.2, -0.15) is 0 Å². The highest BCUT2D eigenvalue weighted by Crippen LogP contribution is 2.29. The molecule has 0 amide bonds. The lowest BCUT2D eigenvalue weighted by molar-refractivity contribution is -0.385. The molecule has 6 nitrogen and oxygen atoms in total. The number of benzene rings is 1. The Hall–Kier alpha value is -2.11. The van der Waals surface area contributed by atoms with E-state index in [9.17, 15) is 14.9 Å². The normalized spacial score (nSPS) is 10.4. The third kappa shape index (κ3) is 3.69. The highest BCUT2D eigenvalue weighted by atomic mass is 16.6. The van der Waals surface area contributed by atoms with Gasteiger partial charge < -0.3 is 9.64 Å². The zero-order valence-corrected chi connectivity index (χ0v) is 12.3. The fourth-order valence-electron chi connectivity index (χ4n) is 2.01. The first-order chi connectivity index (χ1) is 9.38. The molecule has 0 aliphatic heterocycles. The van der Waals surface area contributed by atoms with Gasteiger partial charge in [-0.1, -0.05) is 6.07 Å². The second kappa shape index (κ2) is 6.88. The van der Waals surface area contributed by atoms with Crippen LogP contribution >= 0.6 is 0 Å². The minimum atomic E-state index is -0.415. The van der Waals surface area contributed by atoms with Crippen LogP contribution in [0.25, 0.3) is 0 Å². The molecule has 110 valence electrons. The SMILES string of the molecule is CCOC(=O)CN(c1cccc([N+](=O)[O-])c1C)C(C)C. The Morgan fingerprint density at radius 1 is 1.45 bits per heavy atom. The summed E-state index contributed by atoms with van der Waals surface area (Å²) in [7, 11) is 0. The monoisotopic (exact) mass is 280 g/mol. The van der Waals surface area contributed by atoms with Gasteiger partial charge in [0.25, 0.3) is 5.69 Å². The van der Waals surface area contributed by atoms with Crippen LogP contribution in [0.3, 0.4) is 0 Å². The number of carbonyl (C=O) groups is 1. The van der Waals surface area contributed by atoms with Crippen LogP contribution in [0.2, 0.25) is 0 Å². The zero-order chi connectivity index (χ0) is 15.3. The molecule has 0 spiro atoms. The largest absolute Gasteiger partial charge is 0.465 e. The number of esters is 1. The van der Waals surface area contributed by atoms with Crippen LogP contribution in [-0.2, 0) is 9.53 Å². The summed E-state index contributed by atoms with van der Waals surface area (Å²) in [5, 5.41) is 11.0. The molecule has 0 fully saturated rings. The molecule has 6 heteroatoms. The summed E-state index contributed by atoms with van der Waals surface area (Å²) in [6, 6.07) is 4.89. The number of carbonyl (C=O) groups excluding carboxylic acids is 1. The Morgan fingerprint density at radius 2 is 2.10 bits per heavy atom. The number of ether oxygens (including phenoxy) is 1. The van der Waals surface area contributed by atoms with Crippen molar-refractivity contribution in [3.8, 4) is 0 Å². The van der Waals surface area contributed by atoms with E-state index < -0.39 is 4.92 Å². The van der Waals surface area contributed by atoms with Crippen molar-refractivity contribution >= 4 is 17.3 Å². The highest BCUT2D eigenvalue weighted by molar-refractivity contribution is 5.77. The van der Waals surface area contributed by atoms with E-state index >= 15 is 0 Å². The molecule has 0 aliphatic rings. The number of hydrogen-bond acceptors (Lipinski definition) is 5. The molecule has 0 aromatic heterocycles. The summed E-state index contributed by atoms with van der Waals surface area (Å²) in [4.78, 5) is 24.0. The minimum Gasteiger partial charge on any atom is -0.465 e. The van der Waals surface area contributed by atoms with E-state index in [2.05, 4.69) is 0 Å². The van der Waals surface area contributed by atoms with Gasteiger partial charge in [0.1, 0.15) is 6.54 Å². The standard InChI is InChI=1S/C14H20N2O4/c1-5-20-14(17)9-15(10(2)3)12-7-6-8-13(11(12)4)16(18)19/h6-8,10H,5,9H2,1-4H3. The van der Waals surface area contributed by atoms with Gasteiger partial charge in [-0.3, -0.25) is 14.9 Å². The van der Waals surface area contributed by atoms with Crippen molar-refractivity contribution in [1.82, 2.24) is 0 Å². The zero-order valence-electron chi connectivity index (χ0n) is 12.3. The summed E-state index contributed by atoms with van der Waals surface area (Å²) in [6.07, 6.45) is 0. The van der Waals surface area contributed by atoms with Crippen LogP contribution in [-0.4, -0.2) is 30.1 Å². The van der Waals surface area contributed by atoms with Gasteiger partial charge in [0, 0.05) is 17.8 Å². The summed E-state index contributed by atoms with van der Waals surface area (Å²) >= 11 is 0. The highest BCUT2D eigenvalue weighted by Gasteiger charge is 2.21. The maximum absolute atomic E-state index is 11.7. The number of rotatable bonds is 6. The van der Waals surface area contributed by atoms with E-state index in [1.54, 1.807) is 30.9 Å². The van der Waals surface area contributed by atoms with E-state index in [1.807, 2.05) is 13.8 Å². The van der Waals surface area contributed by atoms with Gasteiger partial charge in [-0.25, -0.2) is 0 Å². The predicted molar refractivity (Wildman–Crippen MR) is 76.9 cm³/mol. The van der Waals surface area contributed by atoms with Crippen molar-refractivity contribution in [3.05, 3.63) is 33.9 Å². The average molecular weight is 280 g/mol. The minimum absolute atomic E-state index is 0.0279. The van der Waals surface area contributed by atoms with Crippen LogP contribution in [0.1, 0.15) is 26.3 Å². The molecule has 0 atom stereocenters. The van der Waals surface area contributed by atoms with E-state index in [-0.39, 0.29) is 24.2 Å². The van der Waals surface area contributed by atoms with Crippen molar-refractivity contribution in [2.45, 2.75) is 33.7 Å². The lowest BCUT2D eigenvalue weighted by Gasteiger charge is -2.29.